The van der Waals surface area contributed by atoms with Crippen molar-refractivity contribution in [3.8, 4) is 35.2 Å². The number of esters is 1. The fourth-order valence-corrected chi connectivity index (χ4v) is 11.2. The summed E-state index contributed by atoms with van der Waals surface area (Å²) >= 11 is 0. The van der Waals surface area contributed by atoms with E-state index in [0.29, 0.717) is 81.0 Å². The van der Waals surface area contributed by atoms with E-state index in [1.54, 1.807) is 49.1 Å². The van der Waals surface area contributed by atoms with Crippen molar-refractivity contribution < 1.29 is 28.9 Å². The normalized spacial score (nSPS) is 18.1. The lowest BCUT2D eigenvalue weighted by molar-refractivity contribution is -0.159. The molecule has 4 aromatic rings. The molecule has 0 saturated carbocycles. The van der Waals surface area contributed by atoms with Crippen LogP contribution in [0.3, 0.4) is 0 Å². The zero-order valence-corrected chi connectivity index (χ0v) is 48.4. The number of methoxy groups -OCH3 is 2. The Bertz CT molecular complexity index is 2840. The Morgan fingerprint density at radius 2 is 1.04 bits per heavy atom. The molecule has 78 heavy (non-hydrogen) atoms. The van der Waals surface area contributed by atoms with Crippen molar-refractivity contribution in [1.29, 1.82) is 0 Å². The number of carboxylic acids is 1. The summed E-state index contributed by atoms with van der Waals surface area (Å²) in [5, 5.41) is 20.4. The summed E-state index contributed by atoms with van der Waals surface area (Å²) in [5.41, 5.74) is 1.45. The quantitative estimate of drug-likeness (QED) is 0.0618. The van der Waals surface area contributed by atoms with Crippen LogP contribution in [0, 0.1) is 23.7 Å². The van der Waals surface area contributed by atoms with Gasteiger partial charge in [0, 0.05) is 101 Å². The molecule has 2 aromatic carbocycles. The smallest absolute Gasteiger partial charge is 0.332 e. The van der Waals surface area contributed by atoms with E-state index in [2.05, 4.69) is 81.6 Å². The van der Waals surface area contributed by atoms with Crippen molar-refractivity contribution in [3.63, 3.8) is 0 Å². The number of piperidine rings is 2. The molecule has 18 heteroatoms. The van der Waals surface area contributed by atoms with Gasteiger partial charge in [0.05, 0.1) is 36.4 Å². The van der Waals surface area contributed by atoms with Gasteiger partial charge in [0.15, 0.2) is 12.1 Å². The van der Waals surface area contributed by atoms with Crippen LogP contribution in [0.1, 0.15) is 124 Å². The predicted octanol–water partition coefficient (Wildman–Crippen LogP) is 7.57. The minimum absolute atomic E-state index is 0.0835. The van der Waals surface area contributed by atoms with Crippen LogP contribution in [0.5, 0.6) is 11.5 Å². The second kappa shape index (κ2) is 26.2. The maximum Gasteiger partial charge on any atom is 0.332 e. The number of hydrogen-bond donors (Lipinski definition) is 3. The zero-order valence-electron chi connectivity index (χ0n) is 48.4. The third-order valence-corrected chi connectivity index (χ3v) is 15.8. The van der Waals surface area contributed by atoms with Crippen LogP contribution in [0.4, 0.5) is 23.5 Å². The lowest BCUT2D eigenvalue weighted by atomic mass is 10.0. The van der Waals surface area contributed by atoms with Gasteiger partial charge in [-0.2, -0.15) is 9.97 Å². The summed E-state index contributed by atoms with van der Waals surface area (Å²) in [6.07, 6.45) is 9.82. The number of rotatable bonds is 19. The molecule has 422 valence electrons. The summed E-state index contributed by atoms with van der Waals surface area (Å²) in [6, 6.07) is 5.53. The van der Waals surface area contributed by atoms with Crippen LogP contribution >= 0.6 is 0 Å². The number of carbonyl (C=O) groups is 2. The number of carboxylic acid groups (broad SMARTS) is 1. The van der Waals surface area contributed by atoms with E-state index in [-0.39, 0.29) is 24.0 Å². The van der Waals surface area contributed by atoms with E-state index in [1.165, 1.54) is 35.5 Å². The van der Waals surface area contributed by atoms with E-state index in [9.17, 15) is 14.7 Å². The molecule has 18 nitrogen and oxygen atoms in total. The molecule has 2 unspecified atom stereocenters. The molecular weight excluding hydrogens is 985 g/mol. The lowest BCUT2D eigenvalue weighted by Crippen LogP contribution is -2.59. The van der Waals surface area contributed by atoms with Crippen LogP contribution in [0.25, 0.3) is 21.8 Å². The average Bonchev–Trinajstić information content (AvgIpc) is 4.19. The predicted molar refractivity (Wildman–Crippen MR) is 311 cm³/mol. The first kappa shape index (κ1) is 58.0. The van der Waals surface area contributed by atoms with Crippen LogP contribution in [0.2, 0.25) is 0 Å². The molecule has 0 spiro atoms. The van der Waals surface area contributed by atoms with Gasteiger partial charge < -0.3 is 59.4 Å². The van der Waals surface area contributed by atoms with Gasteiger partial charge in [-0.3, -0.25) is 0 Å². The van der Waals surface area contributed by atoms with Gasteiger partial charge in [0.2, 0.25) is 11.9 Å². The molecule has 0 bridgehead atoms. The van der Waals surface area contributed by atoms with E-state index in [1.807, 2.05) is 24.3 Å². The second-order valence-electron chi connectivity index (χ2n) is 23.2. The number of anilines is 4. The van der Waals surface area contributed by atoms with Crippen molar-refractivity contribution in [2.45, 2.75) is 155 Å². The first-order valence-electron chi connectivity index (χ1n) is 28.5. The van der Waals surface area contributed by atoms with Gasteiger partial charge in [-0.25, -0.2) is 19.6 Å². The van der Waals surface area contributed by atoms with Crippen molar-refractivity contribution >= 4 is 57.3 Å². The molecule has 2 aromatic heterocycles. The summed E-state index contributed by atoms with van der Waals surface area (Å²) in [5.74, 6) is 13.8. The summed E-state index contributed by atoms with van der Waals surface area (Å²) in [7, 11) is 6.52. The third-order valence-electron chi connectivity index (χ3n) is 15.8. The second-order valence-corrected chi connectivity index (χ2v) is 23.2. The van der Waals surface area contributed by atoms with Crippen LogP contribution in [-0.4, -0.2) is 192 Å². The topological polar surface area (TPSA) is 177 Å². The zero-order chi connectivity index (χ0) is 55.7. The van der Waals surface area contributed by atoms with E-state index >= 15 is 0 Å². The van der Waals surface area contributed by atoms with Crippen molar-refractivity contribution in [1.82, 2.24) is 39.5 Å². The number of aliphatic carboxylic acids is 1. The first-order valence-corrected chi connectivity index (χ1v) is 28.5. The highest BCUT2D eigenvalue weighted by Crippen LogP contribution is 2.35. The number of likely N-dealkylation sites (tertiary alicyclic amines) is 4. The van der Waals surface area contributed by atoms with Gasteiger partial charge in [0.1, 0.15) is 28.7 Å². The molecule has 2 atom stereocenters. The van der Waals surface area contributed by atoms with Crippen LogP contribution in [0.15, 0.2) is 24.3 Å². The van der Waals surface area contributed by atoms with Gasteiger partial charge in [0.25, 0.3) is 0 Å². The largest absolute Gasteiger partial charge is 0.495 e. The Balaban J connectivity index is 1.21. The molecule has 3 N–H and O–H groups in total. The number of aromatic nitrogens is 4. The van der Waals surface area contributed by atoms with Crippen LogP contribution in [-0.2, 0) is 14.3 Å². The highest BCUT2D eigenvalue weighted by atomic mass is 16.6. The number of benzene rings is 2. The highest BCUT2D eigenvalue weighted by molar-refractivity contribution is 5.96. The van der Waals surface area contributed by atoms with Gasteiger partial charge in [-0.15, -0.1) is 0 Å². The van der Waals surface area contributed by atoms with Crippen LogP contribution < -0.4 is 29.9 Å². The molecular formula is C60H86N12O6. The average molecular weight is 1070 g/mol. The van der Waals surface area contributed by atoms with Gasteiger partial charge in [-0.05, 0) is 150 Å². The number of carbonyl (C=O) groups excluding carboxylic acids is 1. The fraction of sp³-hybridized carbons (Fsp3) is 0.633. The summed E-state index contributed by atoms with van der Waals surface area (Å²) < 4.78 is 18.0. The standard InChI is InChI=1S/C60H86N12O6/c1-40(2)71-32-22-44(23-33-71)61-54-46-38-50(76-10)42(20-12-14-26-69-28-16-17-29-69)36-48(46)63-58(65-54)67(8)52(56(73)74)53(57(75)78-60(5,6)7)68(9)59-64-49-37-43(21-13-15-27-70-30-18-19-31-70)51(77-11)39-47(49)55(66-59)62-45-24-34-72(35-25-45)41(3)4/h36-41,44-45,52-53H,14-19,22-35H2,1-11H3,(H,73,74)(H,61,63,65)(H,62,64,66). The first-order chi connectivity index (χ1) is 37.4. The molecule has 4 fully saturated rings. The number of ether oxygens (including phenoxy) is 3. The number of hydrogen-bond acceptors (Lipinski definition) is 17. The maximum absolute atomic E-state index is 15.0. The van der Waals surface area contributed by atoms with Gasteiger partial charge >= 0.3 is 11.9 Å². The minimum Gasteiger partial charge on any atom is -0.495 e. The Morgan fingerprint density at radius 1 is 0.641 bits per heavy atom. The molecule has 0 aliphatic carbocycles. The lowest BCUT2D eigenvalue weighted by Gasteiger charge is -2.37. The highest BCUT2D eigenvalue weighted by Gasteiger charge is 2.45. The maximum atomic E-state index is 15.0. The summed E-state index contributed by atoms with van der Waals surface area (Å²) in [6.45, 7) is 24.0. The Labute approximate surface area is 463 Å². The molecule has 4 aliphatic heterocycles. The third kappa shape index (κ3) is 14.5. The van der Waals surface area contributed by atoms with Crippen molar-refractivity contribution in [2.75, 3.05) is 114 Å². The Hall–Kier alpha value is -6.18. The van der Waals surface area contributed by atoms with E-state index in [0.717, 1.165) is 91.1 Å². The molecule has 0 amide bonds. The fourth-order valence-electron chi connectivity index (χ4n) is 11.2. The number of nitrogens with zero attached hydrogens (tertiary/aromatic N) is 10. The number of nitrogens with one attached hydrogen (secondary N) is 2. The number of fused-ring (bicyclic) bond motifs is 2. The molecule has 8 rings (SSSR count). The molecule has 6 heterocycles. The monoisotopic (exact) mass is 1070 g/mol. The SMILES string of the molecule is COc1cc2c(NC3CCN(C(C)C)CC3)nc(N(C)C(C(=O)O)C(C(=O)OC(C)(C)C)N(C)c3nc(NC4CCN(C(C)C)CC4)c4cc(OC)c(C#CCCN5CCCC5)cc4n3)nc2cc1C#CCCN1CCCC1. The molecule has 0 radical (unpaired) electrons. The van der Waals surface area contributed by atoms with Crippen molar-refractivity contribution in [2.24, 2.45) is 0 Å². The Morgan fingerprint density at radius 3 is 1.40 bits per heavy atom. The van der Waals surface area contributed by atoms with Gasteiger partial charge in [-0.1, -0.05) is 23.7 Å². The molecule has 4 aliphatic rings. The Kier molecular flexibility index (Phi) is 19.5. The molecule has 4 saturated heterocycles. The number of likely N-dealkylation sites (N-methyl/N-ethyl adjacent to an activating group) is 2. The van der Waals surface area contributed by atoms with E-state index < -0.39 is 29.6 Å². The summed E-state index contributed by atoms with van der Waals surface area (Å²) in [4.78, 5) is 62.4. The van der Waals surface area contributed by atoms with E-state index in [4.69, 9.17) is 34.1 Å². The minimum atomic E-state index is -1.61. The van der Waals surface area contributed by atoms with Crippen molar-refractivity contribution in [3.05, 3.63) is 35.4 Å².